The van der Waals surface area contributed by atoms with Crippen molar-refractivity contribution in [3.05, 3.63) is 11.6 Å². The molecular weight excluding hydrogens is 368 g/mol. The van der Waals surface area contributed by atoms with Crippen LogP contribution >= 0.6 is 11.3 Å². The van der Waals surface area contributed by atoms with Gasteiger partial charge in [0.05, 0.1) is 12.0 Å². The summed E-state index contributed by atoms with van der Waals surface area (Å²) in [6, 6.07) is -1.44. The zero-order valence-electron chi connectivity index (χ0n) is 16.5. The molecule has 1 aromatic heterocycles. The van der Waals surface area contributed by atoms with Crippen LogP contribution in [0.3, 0.4) is 0 Å². The summed E-state index contributed by atoms with van der Waals surface area (Å²) in [5, 5.41) is 18.0. The summed E-state index contributed by atoms with van der Waals surface area (Å²) in [6.45, 7) is 9.34. The topological polar surface area (TPSA) is 112 Å². The van der Waals surface area contributed by atoms with Gasteiger partial charge in [-0.25, -0.2) is 10.0 Å². The van der Waals surface area contributed by atoms with E-state index in [-0.39, 0.29) is 30.1 Å². The minimum atomic E-state index is -0.739. The van der Waals surface area contributed by atoms with E-state index in [1.165, 1.54) is 11.3 Å². The third-order valence-corrected chi connectivity index (χ3v) is 5.31. The molecule has 0 unspecified atom stereocenters. The van der Waals surface area contributed by atoms with Gasteiger partial charge in [-0.1, -0.05) is 34.1 Å². The molecule has 3 amide bonds. The Kier molecular flexibility index (Phi) is 9.37. The van der Waals surface area contributed by atoms with Gasteiger partial charge in [-0.05, 0) is 25.2 Å². The van der Waals surface area contributed by atoms with E-state index in [1.54, 1.807) is 18.5 Å². The van der Waals surface area contributed by atoms with Crippen LogP contribution in [0.5, 0.6) is 0 Å². The Labute approximate surface area is 164 Å². The molecule has 8 nitrogen and oxygen atoms in total. The standard InChI is InChI=1S/C18H30N4O4S/c1-6-12(4)15(17(25)21-18-19-7-8-27-18)20-16(24)14(9-11(2)3)13(5)22(26)10-23/h7-8,10-15,26H,6,9H2,1-5H3,(H,20,24)(H,19,21,25)/t12-,13-,14+,15-/m0/s1. The van der Waals surface area contributed by atoms with E-state index in [4.69, 9.17) is 0 Å². The van der Waals surface area contributed by atoms with Crippen LogP contribution in [-0.2, 0) is 14.4 Å². The number of aromatic nitrogens is 1. The van der Waals surface area contributed by atoms with Crippen molar-refractivity contribution in [2.24, 2.45) is 17.8 Å². The number of nitrogens with zero attached hydrogens (tertiary/aromatic N) is 2. The van der Waals surface area contributed by atoms with Crippen molar-refractivity contribution in [1.29, 1.82) is 0 Å². The number of hydrogen-bond donors (Lipinski definition) is 3. The average Bonchev–Trinajstić information content (AvgIpc) is 3.14. The number of rotatable bonds is 11. The molecule has 1 aromatic rings. The summed E-state index contributed by atoms with van der Waals surface area (Å²) >= 11 is 1.30. The van der Waals surface area contributed by atoms with Gasteiger partial charge in [-0.2, -0.15) is 0 Å². The van der Waals surface area contributed by atoms with Crippen molar-refractivity contribution in [2.75, 3.05) is 5.32 Å². The second-order valence-corrected chi connectivity index (χ2v) is 8.05. The van der Waals surface area contributed by atoms with Crippen molar-refractivity contribution in [3.63, 3.8) is 0 Å². The number of carbonyl (C=O) groups is 3. The maximum atomic E-state index is 12.9. The highest BCUT2D eigenvalue weighted by Crippen LogP contribution is 2.21. The molecular formula is C18H30N4O4S. The fraction of sp³-hybridized carbons (Fsp3) is 0.667. The maximum absolute atomic E-state index is 12.9. The van der Waals surface area contributed by atoms with Gasteiger partial charge in [0, 0.05) is 11.6 Å². The second kappa shape index (κ2) is 11.0. The van der Waals surface area contributed by atoms with Crippen LogP contribution in [0.4, 0.5) is 5.13 Å². The van der Waals surface area contributed by atoms with Crippen LogP contribution in [0.15, 0.2) is 11.6 Å². The number of hydrogen-bond acceptors (Lipinski definition) is 6. The first-order valence-corrected chi connectivity index (χ1v) is 10.0. The lowest BCUT2D eigenvalue weighted by atomic mass is 9.89. The van der Waals surface area contributed by atoms with Crippen LogP contribution in [-0.4, -0.2) is 45.6 Å². The molecule has 0 radical (unpaired) electrons. The molecule has 9 heteroatoms. The fourth-order valence-corrected chi connectivity index (χ4v) is 3.27. The number of amides is 3. The highest BCUT2D eigenvalue weighted by molar-refractivity contribution is 7.13. The monoisotopic (exact) mass is 398 g/mol. The summed E-state index contributed by atoms with van der Waals surface area (Å²) in [6.07, 6.45) is 3.04. The van der Waals surface area contributed by atoms with E-state index in [2.05, 4.69) is 15.6 Å². The largest absolute Gasteiger partial charge is 0.344 e. The van der Waals surface area contributed by atoms with Gasteiger partial charge in [0.1, 0.15) is 6.04 Å². The fourth-order valence-electron chi connectivity index (χ4n) is 2.74. The summed E-state index contributed by atoms with van der Waals surface area (Å²) in [5.41, 5.74) is 0. The minimum absolute atomic E-state index is 0.0970. The summed E-state index contributed by atoms with van der Waals surface area (Å²) in [5.74, 6) is -1.26. The molecule has 4 atom stereocenters. The van der Waals surface area contributed by atoms with Crippen molar-refractivity contribution in [3.8, 4) is 0 Å². The SMILES string of the molecule is CC[C@H](C)[C@H](NC(=O)[C@H](CC(C)C)[C@H](C)N(O)C=O)C(=O)Nc1nccs1. The summed E-state index contributed by atoms with van der Waals surface area (Å²) < 4.78 is 0. The molecule has 0 aliphatic heterocycles. The second-order valence-electron chi connectivity index (χ2n) is 7.16. The third-order valence-electron chi connectivity index (χ3n) is 4.63. The van der Waals surface area contributed by atoms with E-state index in [0.29, 0.717) is 23.0 Å². The van der Waals surface area contributed by atoms with Gasteiger partial charge in [-0.3, -0.25) is 19.6 Å². The smallest absolute Gasteiger partial charge is 0.249 e. The Morgan fingerprint density at radius 2 is 1.96 bits per heavy atom. The Hall–Kier alpha value is -2.00. The van der Waals surface area contributed by atoms with E-state index >= 15 is 0 Å². The normalized spacial score (nSPS) is 15.5. The predicted molar refractivity (Wildman–Crippen MR) is 104 cm³/mol. The molecule has 0 saturated heterocycles. The van der Waals surface area contributed by atoms with Crippen LogP contribution in [0.1, 0.15) is 47.5 Å². The van der Waals surface area contributed by atoms with Crippen LogP contribution in [0, 0.1) is 17.8 Å². The third kappa shape index (κ3) is 6.91. The first-order chi connectivity index (χ1) is 12.7. The lowest BCUT2D eigenvalue weighted by Crippen LogP contribution is -2.52. The molecule has 0 saturated carbocycles. The zero-order chi connectivity index (χ0) is 20.6. The molecule has 152 valence electrons. The van der Waals surface area contributed by atoms with Gasteiger partial charge in [0.2, 0.25) is 18.2 Å². The molecule has 27 heavy (non-hydrogen) atoms. The Balaban J connectivity index is 2.96. The van der Waals surface area contributed by atoms with E-state index in [0.717, 1.165) is 0 Å². The Morgan fingerprint density at radius 1 is 1.30 bits per heavy atom. The van der Waals surface area contributed by atoms with E-state index < -0.39 is 18.0 Å². The Morgan fingerprint density at radius 3 is 2.44 bits per heavy atom. The maximum Gasteiger partial charge on any atom is 0.249 e. The summed E-state index contributed by atoms with van der Waals surface area (Å²) in [4.78, 5) is 40.5. The molecule has 0 bridgehead atoms. The van der Waals surface area contributed by atoms with Crippen LogP contribution < -0.4 is 10.6 Å². The summed E-state index contributed by atoms with van der Waals surface area (Å²) in [7, 11) is 0. The van der Waals surface area contributed by atoms with Gasteiger partial charge in [-0.15, -0.1) is 11.3 Å². The average molecular weight is 399 g/mol. The first kappa shape index (κ1) is 23.0. The van der Waals surface area contributed by atoms with Crippen LogP contribution in [0.2, 0.25) is 0 Å². The lowest BCUT2D eigenvalue weighted by Gasteiger charge is -2.31. The van der Waals surface area contributed by atoms with Crippen molar-refractivity contribution in [1.82, 2.24) is 15.4 Å². The molecule has 0 fully saturated rings. The molecule has 0 aromatic carbocycles. The van der Waals surface area contributed by atoms with Gasteiger partial charge >= 0.3 is 0 Å². The number of carbonyl (C=O) groups excluding carboxylic acids is 3. The predicted octanol–water partition coefficient (Wildman–Crippen LogP) is 2.51. The molecule has 1 heterocycles. The van der Waals surface area contributed by atoms with Crippen molar-refractivity contribution in [2.45, 2.75) is 59.5 Å². The molecule has 0 spiro atoms. The number of anilines is 1. The Bertz CT molecular complexity index is 609. The van der Waals surface area contributed by atoms with Crippen molar-refractivity contribution < 1.29 is 19.6 Å². The molecule has 3 N–H and O–H groups in total. The van der Waals surface area contributed by atoms with E-state index in [9.17, 15) is 19.6 Å². The molecule has 0 aliphatic rings. The number of thiazole rings is 1. The highest BCUT2D eigenvalue weighted by atomic mass is 32.1. The quantitative estimate of drug-likeness (QED) is 0.301. The van der Waals surface area contributed by atoms with Crippen LogP contribution in [0.25, 0.3) is 0 Å². The first-order valence-electron chi connectivity index (χ1n) is 9.14. The van der Waals surface area contributed by atoms with Crippen molar-refractivity contribution >= 4 is 34.7 Å². The van der Waals surface area contributed by atoms with Gasteiger partial charge in [0.15, 0.2) is 5.13 Å². The lowest BCUT2D eigenvalue weighted by molar-refractivity contribution is -0.166. The zero-order valence-corrected chi connectivity index (χ0v) is 17.3. The number of hydroxylamine groups is 2. The number of nitrogens with one attached hydrogen (secondary N) is 2. The highest BCUT2D eigenvalue weighted by Gasteiger charge is 2.34. The molecule has 1 rings (SSSR count). The minimum Gasteiger partial charge on any atom is -0.344 e. The van der Waals surface area contributed by atoms with E-state index in [1.807, 2.05) is 27.7 Å². The molecule has 0 aliphatic carbocycles. The van der Waals surface area contributed by atoms with Gasteiger partial charge < -0.3 is 10.6 Å². The van der Waals surface area contributed by atoms with Gasteiger partial charge in [0.25, 0.3) is 0 Å².